The van der Waals surface area contributed by atoms with Crippen LogP contribution in [0.5, 0.6) is 0 Å². The van der Waals surface area contributed by atoms with Crippen LogP contribution in [0.1, 0.15) is 105 Å². The fourth-order valence-corrected chi connectivity index (χ4v) is 9.42. The number of nitrogens with zero attached hydrogens (tertiary/aromatic N) is 1. The first-order valence-corrected chi connectivity index (χ1v) is 20.9. The fourth-order valence-electron chi connectivity index (χ4n) is 9.42. The fraction of sp³-hybridized carbons (Fsp3) is 0.773. The number of ketones is 2. The van der Waals surface area contributed by atoms with Crippen LogP contribution in [0.3, 0.4) is 0 Å². The average molecular weight is 804 g/mol. The number of hydrogen-bond acceptors (Lipinski definition) is 12. The average Bonchev–Trinajstić information content (AvgIpc) is 3.18. The van der Waals surface area contributed by atoms with Crippen LogP contribution in [0.4, 0.5) is 0 Å². The molecule has 1 saturated carbocycles. The van der Waals surface area contributed by atoms with Crippen LogP contribution in [0.15, 0.2) is 36.0 Å². The second-order valence-corrected chi connectivity index (χ2v) is 17.3. The van der Waals surface area contributed by atoms with Gasteiger partial charge in [0, 0.05) is 52.0 Å². The van der Waals surface area contributed by atoms with E-state index < -0.39 is 83.9 Å². The van der Waals surface area contributed by atoms with E-state index in [0.717, 1.165) is 5.57 Å². The first kappa shape index (κ1) is 46.9. The number of hydrogen-bond donors (Lipinski definition) is 3. The highest BCUT2D eigenvalue weighted by Gasteiger charge is 2.56. The summed E-state index contributed by atoms with van der Waals surface area (Å²) in [6, 6.07) is -1.14. The van der Waals surface area contributed by atoms with Crippen molar-refractivity contribution >= 4 is 23.4 Å². The van der Waals surface area contributed by atoms with Gasteiger partial charge in [-0.05, 0) is 95.5 Å². The number of allylic oxidation sites excluding steroid dienone is 4. The Morgan fingerprint density at radius 2 is 1.60 bits per heavy atom. The van der Waals surface area contributed by atoms with Gasteiger partial charge < -0.3 is 43.9 Å². The molecule has 4 rings (SSSR count). The maximum atomic E-state index is 14.3. The van der Waals surface area contributed by atoms with E-state index in [4.69, 9.17) is 23.7 Å². The summed E-state index contributed by atoms with van der Waals surface area (Å²) >= 11 is 0. The standard InChI is InChI=1S/C44H69NO12/c1-10-13-31-19-25(2)18-26(3)20-37(54-8)40-38(55-9)22-28(5)44(52,57-40)41(49)42(50)45-17-12-11-14-32(45)43(51)56-39(29(6)34(47)24-35(31)48)27(4)21-30-15-16-33(46)36(23-30)53-7/h10,19,21,26,28-34,36-40,46-47,52H,1,11-18,20,22-24H2,2-9H3/b25-19+,27-21+/t26-,28+,29+,30-,31+,32-,33?,34-,36?,37?,38-,39?,40+,44+/m0/s1. The number of methoxy groups -OCH3 is 3. The minimum atomic E-state index is -2.51. The van der Waals surface area contributed by atoms with Gasteiger partial charge >= 0.3 is 5.97 Å². The third-order valence-corrected chi connectivity index (χ3v) is 12.9. The van der Waals surface area contributed by atoms with Gasteiger partial charge in [-0.15, -0.1) is 6.58 Å². The number of amides is 1. The molecule has 2 saturated heterocycles. The number of piperidine rings is 1. The maximum absolute atomic E-state index is 14.3. The van der Waals surface area contributed by atoms with Crippen molar-refractivity contribution in [3.63, 3.8) is 0 Å². The van der Waals surface area contributed by atoms with Gasteiger partial charge in [-0.2, -0.15) is 0 Å². The van der Waals surface area contributed by atoms with Crippen LogP contribution in [-0.2, 0) is 42.9 Å². The quantitative estimate of drug-likeness (QED) is 0.185. The van der Waals surface area contributed by atoms with Crippen molar-refractivity contribution in [3.8, 4) is 0 Å². The Hall–Kier alpha value is -2.78. The zero-order valence-corrected chi connectivity index (χ0v) is 35.4. The molecule has 0 aromatic heterocycles. The summed E-state index contributed by atoms with van der Waals surface area (Å²) in [4.78, 5) is 57.8. The molecule has 3 heterocycles. The van der Waals surface area contributed by atoms with Gasteiger partial charge in [-0.1, -0.05) is 44.6 Å². The molecule has 0 aromatic rings. The van der Waals surface area contributed by atoms with Crippen molar-refractivity contribution in [1.29, 1.82) is 0 Å². The van der Waals surface area contributed by atoms with Crippen LogP contribution in [-0.4, -0.2) is 126 Å². The molecule has 0 aromatic carbocycles. The molecular weight excluding hydrogens is 734 g/mol. The van der Waals surface area contributed by atoms with E-state index in [1.54, 1.807) is 27.0 Å². The van der Waals surface area contributed by atoms with Crippen molar-refractivity contribution in [2.45, 2.75) is 160 Å². The minimum Gasteiger partial charge on any atom is -0.456 e. The number of carbonyl (C=O) groups excluding carboxylic acids is 4. The van der Waals surface area contributed by atoms with E-state index >= 15 is 0 Å². The number of carbonyl (C=O) groups is 4. The van der Waals surface area contributed by atoms with Gasteiger partial charge in [0.25, 0.3) is 11.7 Å². The van der Waals surface area contributed by atoms with Gasteiger partial charge in [0.1, 0.15) is 24.0 Å². The molecule has 3 fully saturated rings. The highest BCUT2D eigenvalue weighted by Crippen LogP contribution is 2.39. The molecule has 1 aliphatic carbocycles. The molecule has 0 spiro atoms. The van der Waals surface area contributed by atoms with Gasteiger partial charge in [0.05, 0.1) is 30.5 Å². The lowest BCUT2D eigenvalue weighted by Crippen LogP contribution is -2.64. The predicted molar refractivity (Wildman–Crippen MR) is 213 cm³/mol. The van der Waals surface area contributed by atoms with Crippen molar-refractivity contribution in [2.24, 2.45) is 29.6 Å². The Labute approximate surface area is 339 Å². The Balaban J connectivity index is 1.78. The summed E-state index contributed by atoms with van der Waals surface area (Å²) in [6.45, 7) is 13.1. The highest BCUT2D eigenvalue weighted by atomic mass is 16.7. The van der Waals surface area contributed by atoms with Crippen LogP contribution < -0.4 is 0 Å². The van der Waals surface area contributed by atoms with Crippen molar-refractivity contribution in [3.05, 3.63) is 36.0 Å². The van der Waals surface area contributed by atoms with E-state index in [2.05, 4.69) is 6.58 Å². The number of Topliss-reactive ketones (excluding diaryl/α,β-unsaturated/α-hetero) is 2. The maximum Gasteiger partial charge on any atom is 0.329 e. The molecule has 1 amide bonds. The van der Waals surface area contributed by atoms with Gasteiger partial charge in [-0.25, -0.2) is 4.79 Å². The van der Waals surface area contributed by atoms with E-state index in [-0.39, 0.29) is 49.5 Å². The van der Waals surface area contributed by atoms with E-state index in [1.807, 2.05) is 32.9 Å². The van der Waals surface area contributed by atoms with Crippen LogP contribution in [0.25, 0.3) is 0 Å². The summed E-state index contributed by atoms with van der Waals surface area (Å²) < 4.78 is 29.7. The smallest absolute Gasteiger partial charge is 0.329 e. The number of aliphatic hydroxyl groups excluding tert-OH is 2. The lowest BCUT2D eigenvalue weighted by atomic mass is 9.81. The lowest BCUT2D eigenvalue weighted by Gasteiger charge is -2.47. The molecule has 322 valence electrons. The number of fused-ring (bicyclic) bond motifs is 3. The summed E-state index contributed by atoms with van der Waals surface area (Å²) in [5.74, 6) is -7.76. The molecular formula is C44H69NO12. The molecule has 0 radical (unpaired) electrons. The Morgan fingerprint density at radius 1 is 0.930 bits per heavy atom. The molecule has 2 bridgehead atoms. The third kappa shape index (κ3) is 11.3. The van der Waals surface area contributed by atoms with E-state index in [0.29, 0.717) is 56.9 Å². The minimum absolute atomic E-state index is 0.00988. The van der Waals surface area contributed by atoms with Crippen molar-refractivity contribution < 1.29 is 58.2 Å². The number of ether oxygens (including phenoxy) is 5. The number of esters is 1. The summed E-state index contributed by atoms with van der Waals surface area (Å²) in [5, 5.41) is 34.1. The Morgan fingerprint density at radius 3 is 2.25 bits per heavy atom. The number of cyclic esters (lactones) is 1. The molecule has 3 aliphatic heterocycles. The molecule has 13 heteroatoms. The zero-order chi connectivity index (χ0) is 42.2. The number of aliphatic hydroxyl groups is 3. The van der Waals surface area contributed by atoms with Crippen molar-refractivity contribution in [2.75, 3.05) is 27.9 Å². The molecule has 14 atom stereocenters. The molecule has 13 nitrogen and oxygen atoms in total. The summed E-state index contributed by atoms with van der Waals surface area (Å²) in [7, 11) is 4.61. The Kier molecular flexibility index (Phi) is 17.2. The molecule has 4 aliphatic rings. The first-order chi connectivity index (χ1) is 27.0. The third-order valence-electron chi connectivity index (χ3n) is 12.9. The zero-order valence-electron chi connectivity index (χ0n) is 35.4. The first-order valence-electron chi connectivity index (χ1n) is 20.9. The summed E-state index contributed by atoms with van der Waals surface area (Å²) in [5.41, 5.74) is 1.61. The topological polar surface area (TPSA) is 178 Å². The van der Waals surface area contributed by atoms with Gasteiger partial charge in [0.2, 0.25) is 5.79 Å². The van der Waals surface area contributed by atoms with E-state index in [1.165, 1.54) is 19.1 Å². The molecule has 4 unspecified atom stereocenters. The normalized spacial score (nSPS) is 41.0. The van der Waals surface area contributed by atoms with Crippen molar-refractivity contribution in [1.82, 2.24) is 4.90 Å². The highest BCUT2D eigenvalue weighted by molar-refractivity contribution is 6.39. The van der Waals surface area contributed by atoms with Gasteiger partial charge in [-0.3, -0.25) is 14.4 Å². The van der Waals surface area contributed by atoms with Gasteiger partial charge in [0.15, 0.2) is 0 Å². The van der Waals surface area contributed by atoms with Crippen LogP contribution in [0, 0.1) is 29.6 Å². The largest absolute Gasteiger partial charge is 0.456 e. The Bertz CT molecular complexity index is 1480. The van der Waals surface area contributed by atoms with Crippen LogP contribution in [0.2, 0.25) is 0 Å². The molecule has 3 N–H and O–H groups in total. The second kappa shape index (κ2) is 21.0. The number of rotatable bonds is 7. The lowest BCUT2D eigenvalue weighted by molar-refractivity contribution is -0.302. The SMILES string of the molecule is C=CC[C@@H]1/C=C(\C)C[C@H](C)CC(OC)[C@H]2O[C@@](O)(C(=O)C(=O)N3CCCC[C@H]3C(=O)OC(/C(C)=C/[C@@H]3CCC(O)C(OC)C3)[C@H](C)[C@@H](O)CC1=O)[C@H](C)C[C@@H]2OC. The summed E-state index contributed by atoms with van der Waals surface area (Å²) in [6.07, 6.45) is 4.93. The van der Waals surface area contributed by atoms with Crippen LogP contribution >= 0.6 is 0 Å². The monoisotopic (exact) mass is 803 g/mol. The second-order valence-electron chi connectivity index (χ2n) is 17.3. The van der Waals surface area contributed by atoms with E-state index in [9.17, 15) is 34.5 Å². The predicted octanol–water partition coefficient (Wildman–Crippen LogP) is 4.64. The molecule has 57 heavy (non-hydrogen) atoms.